The number of nitrogen functional groups attached to an aromatic ring is 1. The van der Waals surface area contributed by atoms with Crippen LogP contribution in [0.1, 0.15) is 23.2 Å². The second kappa shape index (κ2) is 4.92. The SMILES string of the molecule is Cc1ccc2c(c1)CCCN2c1cnc(C(=N)N)cn1. The molecule has 102 valence electrons. The Balaban J connectivity index is 1.98. The number of hydrogen-bond donors (Lipinski definition) is 2. The monoisotopic (exact) mass is 267 g/mol. The van der Waals surface area contributed by atoms with Crippen LogP contribution in [-0.4, -0.2) is 22.3 Å². The van der Waals surface area contributed by atoms with Gasteiger partial charge in [-0.05, 0) is 31.4 Å². The fourth-order valence-corrected chi connectivity index (χ4v) is 2.56. The first-order valence-electron chi connectivity index (χ1n) is 6.68. The van der Waals surface area contributed by atoms with E-state index in [2.05, 4.69) is 40.0 Å². The Morgan fingerprint density at radius 1 is 1.30 bits per heavy atom. The van der Waals surface area contributed by atoms with Gasteiger partial charge in [0.1, 0.15) is 11.5 Å². The minimum atomic E-state index is -0.0567. The lowest BCUT2D eigenvalue weighted by Gasteiger charge is -2.30. The maximum absolute atomic E-state index is 7.35. The fourth-order valence-electron chi connectivity index (χ4n) is 2.56. The van der Waals surface area contributed by atoms with Gasteiger partial charge in [0, 0.05) is 12.2 Å². The van der Waals surface area contributed by atoms with Crippen LogP contribution < -0.4 is 10.6 Å². The molecule has 1 aliphatic rings. The predicted octanol–water partition coefficient (Wildman–Crippen LogP) is 2.15. The summed E-state index contributed by atoms with van der Waals surface area (Å²) in [6, 6.07) is 6.50. The molecule has 5 nitrogen and oxygen atoms in total. The predicted molar refractivity (Wildman–Crippen MR) is 79.6 cm³/mol. The summed E-state index contributed by atoms with van der Waals surface area (Å²) in [4.78, 5) is 10.8. The smallest absolute Gasteiger partial charge is 0.151 e. The van der Waals surface area contributed by atoms with E-state index in [-0.39, 0.29) is 5.84 Å². The van der Waals surface area contributed by atoms with E-state index in [1.54, 1.807) is 12.4 Å². The van der Waals surface area contributed by atoms with Crippen LogP contribution in [0.4, 0.5) is 11.5 Å². The Labute approximate surface area is 118 Å². The number of nitrogens with zero attached hydrogens (tertiary/aromatic N) is 3. The van der Waals surface area contributed by atoms with Crippen LogP contribution in [0.3, 0.4) is 0 Å². The number of anilines is 2. The van der Waals surface area contributed by atoms with Gasteiger partial charge in [-0.25, -0.2) is 9.97 Å². The van der Waals surface area contributed by atoms with Gasteiger partial charge in [-0.2, -0.15) is 0 Å². The summed E-state index contributed by atoms with van der Waals surface area (Å²) in [7, 11) is 0. The molecular weight excluding hydrogens is 250 g/mol. The molecule has 0 saturated carbocycles. The Morgan fingerprint density at radius 2 is 2.15 bits per heavy atom. The largest absolute Gasteiger partial charge is 0.382 e. The summed E-state index contributed by atoms with van der Waals surface area (Å²) in [6.45, 7) is 3.05. The van der Waals surface area contributed by atoms with Crippen molar-refractivity contribution in [3.05, 3.63) is 47.4 Å². The first-order valence-corrected chi connectivity index (χ1v) is 6.68. The maximum atomic E-state index is 7.35. The molecule has 0 spiro atoms. The molecule has 2 heterocycles. The van der Waals surface area contributed by atoms with Crippen LogP contribution in [0.25, 0.3) is 0 Å². The van der Waals surface area contributed by atoms with Crippen LogP contribution in [0.15, 0.2) is 30.6 Å². The topological polar surface area (TPSA) is 78.9 Å². The fraction of sp³-hybridized carbons (Fsp3) is 0.267. The molecule has 0 amide bonds. The molecule has 1 aromatic carbocycles. The summed E-state index contributed by atoms with van der Waals surface area (Å²) in [5.41, 5.74) is 9.65. The Morgan fingerprint density at radius 3 is 2.85 bits per heavy atom. The maximum Gasteiger partial charge on any atom is 0.151 e. The molecule has 1 aromatic heterocycles. The molecule has 0 aliphatic carbocycles. The number of amidine groups is 1. The van der Waals surface area contributed by atoms with Crippen molar-refractivity contribution in [2.75, 3.05) is 11.4 Å². The van der Waals surface area contributed by atoms with Crippen molar-refractivity contribution in [3.63, 3.8) is 0 Å². The normalized spacial score (nSPS) is 13.9. The lowest BCUT2D eigenvalue weighted by Crippen LogP contribution is -2.26. The van der Waals surface area contributed by atoms with E-state index in [1.807, 2.05) is 0 Å². The zero-order valence-corrected chi connectivity index (χ0v) is 11.4. The zero-order chi connectivity index (χ0) is 14.1. The number of aryl methyl sites for hydroxylation is 2. The van der Waals surface area contributed by atoms with Crippen LogP contribution in [0, 0.1) is 12.3 Å². The molecular formula is C15H17N5. The molecule has 3 N–H and O–H groups in total. The second-order valence-electron chi connectivity index (χ2n) is 5.06. The van der Waals surface area contributed by atoms with Crippen molar-refractivity contribution in [2.24, 2.45) is 5.73 Å². The van der Waals surface area contributed by atoms with Gasteiger partial charge in [-0.3, -0.25) is 5.41 Å². The lowest BCUT2D eigenvalue weighted by atomic mass is 10.00. The highest BCUT2D eigenvalue weighted by molar-refractivity contribution is 5.92. The highest BCUT2D eigenvalue weighted by Crippen LogP contribution is 2.32. The summed E-state index contributed by atoms with van der Waals surface area (Å²) in [6.07, 6.45) is 5.45. The number of aromatic nitrogens is 2. The standard InChI is InChI=1S/C15H17N5/c1-10-4-5-13-11(7-10)3-2-6-20(13)14-9-18-12(8-19-14)15(16)17/h4-5,7-9H,2-3,6H2,1H3,(H3,16,17). The summed E-state index contributed by atoms with van der Waals surface area (Å²) in [5.74, 6) is 0.749. The van der Waals surface area contributed by atoms with Crippen molar-refractivity contribution in [3.8, 4) is 0 Å². The minimum absolute atomic E-state index is 0.0567. The number of hydrogen-bond acceptors (Lipinski definition) is 4. The zero-order valence-electron chi connectivity index (χ0n) is 11.4. The molecule has 0 bridgehead atoms. The Bertz CT molecular complexity index is 648. The average Bonchev–Trinajstić information content (AvgIpc) is 2.46. The molecule has 0 saturated heterocycles. The molecule has 0 unspecified atom stereocenters. The van der Waals surface area contributed by atoms with Crippen molar-refractivity contribution in [2.45, 2.75) is 19.8 Å². The van der Waals surface area contributed by atoms with E-state index < -0.39 is 0 Å². The summed E-state index contributed by atoms with van der Waals surface area (Å²) >= 11 is 0. The van der Waals surface area contributed by atoms with E-state index in [0.717, 1.165) is 25.2 Å². The highest BCUT2D eigenvalue weighted by atomic mass is 15.2. The quantitative estimate of drug-likeness (QED) is 0.645. The number of benzene rings is 1. The first kappa shape index (κ1) is 12.6. The number of fused-ring (bicyclic) bond motifs is 1. The number of nitrogens with two attached hydrogens (primary N) is 1. The molecule has 2 aromatic rings. The van der Waals surface area contributed by atoms with Crippen LogP contribution in [0.5, 0.6) is 0 Å². The van der Waals surface area contributed by atoms with Crippen LogP contribution in [-0.2, 0) is 6.42 Å². The lowest BCUT2D eigenvalue weighted by molar-refractivity contribution is 0.757. The van der Waals surface area contributed by atoms with Crippen molar-refractivity contribution in [1.29, 1.82) is 5.41 Å². The van der Waals surface area contributed by atoms with E-state index in [0.29, 0.717) is 5.69 Å². The molecule has 0 atom stereocenters. The number of rotatable bonds is 2. The van der Waals surface area contributed by atoms with Gasteiger partial charge >= 0.3 is 0 Å². The van der Waals surface area contributed by atoms with Gasteiger partial charge in [-0.15, -0.1) is 0 Å². The molecule has 3 rings (SSSR count). The van der Waals surface area contributed by atoms with Crippen LogP contribution in [0.2, 0.25) is 0 Å². The third-order valence-corrected chi connectivity index (χ3v) is 3.54. The minimum Gasteiger partial charge on any atom is -0.382 e. The van der Waals surface area contributed by atoms with Crippen molar-refractivity contribution in [1.82, 2.24) is 9.97 Å². The summed E-state index contributed by atoms with van der Waals surface area (Å²) in [5, 5.41) is 7.35. The van der Waals surface area contributed by atoms with Gasteiger partial charge in [0.05, 0.1) is 12.4 Å². The molecule has 0 fully saturated rings. The van der Waals surface area contributed by atoms with Crippen molar-refractivity contribution < 1.29 is 0 Å². The molecule has 20 heavy (non-hydrogen) atoms. The third kappa shape index (κ3) is 2.22. The number of nitrogens with one attached hydrogen (secondary N) is 1. The van der Waals surface area contributed by atoms with Gasteiger partial charge < -0.3 is 10.6 Å². The molecule has 5 heteroatoms. The third-order valence-electron chi connectivity index (χ3n) is 3.54. The Hall–Kier alpha value is -2.43. The molecule has 0 radical (unpaired) electrons. The van der Waals surface area contributed by atoms with Crippen LogP contribution >= 0.6 is 0 Å². The van der Waals surface area contributed by atoms with Gasteiger partial charge in [0.15, 0.2) is 5.82 Å². The highest BCUT2D eigenvalue weighted by Gasteiger charge is 2.19. The van der Waals surface area contributed by atoms with E-state index >= 15 is 0 Å². The van der Waals surface area contributed by atoms with E-state index in [4.69, 9.17) is 11.1 Å². The van der Waals surface area contributed by atoms with Gasteiger partial charge in [-0.1, -0.05) is 17.7 Å². The van der Waals surface area contributed by atoms with Gasteiger partial charge in [0.2, 0.25) is 0 Å². The average molecular weight is 267 g/mol. The Kier molecular flexibility index (Phi) is 3.10. The molecule has 1 aliphatic heterocycles. The first-order chi connectivity index (χ1) is 9.65. The second-order valence-corrected chi connectivity index (χ2v) is 5.06. The van der Waals surface area contributed by atoms with Crippen molar-refractivity contribution >= 4 is 17.3 Å². The van der Waals surface area contributed by atoms with E-state index in [9.17, 15) is 0 Å². The van der Waals surface area contributed by atoms with E-state index in [1.165, 1.54) is 16.8 Å². The summed E-state index contributed by atoms with van der Waals surface area (Å²) < 4.78 is 0. The van der Waals surface area contributed by atoms with Gasteiger partial charge in [0.25, 0.3) is 0 Å².